The average molecular weight is 425 g/mol. The monoisotopic (exact) mass is 424 g/mol. The number of pyridine rings is 1. The Bertz CT molecular complexity index is 1140. The lowest BCUT2D eigenvalue weighted by atomic mass is 9.87. The van der Waals surface area contributed by atoms with E-state index in [1.165, 1.54) is 4.90 Å². The number of fused-ring (bicyclic) bond motifs is 1. The van der Waals surface area contributed by atoms with Crippen molar-refractivity contribution in [1.82, 2.24) is 14.9 Å². The fraction of sp³-hybridized carbons (Fsp3) is 0.348. The van der Waals surface area contributed by atoms with Gasteiger partial charge in [0.15, 0.2) is 0 Å². The van der Waals surface area contributed by atoms with E-state index in [1.807, 2.05) is 30.3 Å². The predicted octanol–water partition coefficient (Wildman–Crippen LogP) is 5.26. The largest absolute Gasteiger partial charge is 0.345 e. The third-order valence-corrected chi connectivity index (χ3v) is 6.05. The minimum atomic E-state index is -0.988. The van der Waals surface area contributed by atoms with Gasteiger partial charge in [-0.25, -0.2) is 14.7 Å². The molecule has 156 valence electrons. The van der Waals surface area contributed by atoms with E-state index >= 15 is 0 Å². The number of nitrogens with one attached hydrogen (secondary N) is 1. The first-order chi connectivity index (χ1) is 14.0. The standard InChI is InChI=1S/C23H25ClN4O2/c1-22(2,3)15-6-8-16(9-7-15)28-20(29)23(4,5)27(21(28)30)13-14-10-11-25-19-18(14)17(24)12-26-19/h6-12H,13H2,1-5H3,(H,25,26). The second kappa shape index (κ2) is 6.84. The van der Waals surface area contributed by atoms with E-state index in [0.29, 0.717) is 16.4 Å². The highest BCUT2D eigenvalue weighted by Gasteiger charge is 2.51. The van der Waals surface area contributed by atoms with Gasteiger partial charge in [0.1, 0.15) is 11.2 Å². The number of amides is 3. The van der Waals surface area contributed by atoms with Crippen molar-refractivity contribution < 1.29 is 9.59 Å². The molecule has 3 amide bonds. The Labute approximate surface area is 180 Å². The van der Waals surface area contributed by atoms with E-state index in [1.54, 1.807) is 31.1 Å². The maximum Gasteiger partial charge on any atom is 0.332 e. The summed E-state index contributed by atoms with van der Waals surface area (Å²) in [6.07, 6.45) is 3.34. The molecule has 1 N–H and O–H groups in total. The van der Waals surface area contributed by atoms with E-state index < -0.39 is 5.54 Å². The third kappa shape index (κ3) is 3.16. The topological polar surface area (TPSA) is 69.3 Å². The van der Waals surface area contributed by atoms with E-state index in [0.717, 1.165) is 16.5 Å². The zero-order valence-electron chi connectivity index (χ0n) is 17.8. The molecule has 6 nitrogen and oxygen atoms in total. The van der Waals surface area contributed by atoms with Crippen LogP contribution in [-0.4, -0.2) is 32.3 Å². The molecule has 0 unspecified atom stereocenters. The molecule has 3 heterocycles. The summed E-state index contributed by atoms with van der Waals surface area (Å²) in [5.74, 6) is -0.249. The fourth-order valence-electron chi connectivity index (χ4n) is 3.82. The Morgan fingerprint density at radius 3 is 2.40 bits per heavy atom. The van der Waals surface area contributed by atoms with Gasteiger partial charge in [-0.1, -0.05) is 44.5 Å². The molecule has 30 heavy (non-hydrogen) atoms. The number of carbonyl (C=O) groups is 2. The molecule has 0 bridgehead atoms. The second-order valence-corrected chi connectivity index (χ2v) is 9.60. The van der Waals surface area contributed by atoms with Gasteiger partial charge >= 0.3 is 6.03 Å². The van der Waals surface area contributed by atoms with Crippen LogP contribution in [0.4, 0.5) is 10.5 Å². The molecule has 0 spiro atoms. The number of hydrogen-bond acceptors (Lipinski definition) is 3. The number of H-pyrrole nitrogens is 1. The number of aromatic amines is 1. The summed E-state index contributed by atoms with van der Waals surface area (Å²) >= 11 is 6.32. The zero-order valence-corrected chi connectivity index (χ0v) is 18.5. The van der Waals surface area contributed by atoms with Gasteiger partial charge in [0.25, 0.3) is 5.91 Å². The van der Waals surface area contributed by atoms with Crippen LogP contribution in [0.25, 0.3) is 11.0 Å². The Kier molecular flexibility index (Phi) is 4.66. The van der Waals surface area contributed by atoms with Crippen LogP contribution in [0, 0.1) is 0 Å². The van der Waals surface area contributed by atoms with Gasteiger partial charge in [0.2, 0.25) is 0 Å². The maximum absolute atomic E-state index is 13.4. The number of halogens is 1. The van der Waals surface area contributed by atoms with E-state index in [4.69, 9.17) is 11.6 Å². The van der Waals surface area contributed by atoms with Crippen LogP contribution in [0.2, 0.25) is 5.02 Å². The van der Waals surface area contributed by atoms with Crippen LogP contribution < -0.4 is 4.90 Å². The Morgan fingerprint density at radius 2 is 1.77 bits per heavy atom. The Morgan fingerprint density at radius 1 is 1.10 bits per heavy atom. The molecular formula is C23H25ClN4O2. The molecule has 2 aromatic heterocycles. The van der Waals surface area contributed by atoms with E-state index in [2.05, 4.69) is 30.7 Å². The van der Waals surface area contributed by atoms with Gasteiger partial charge < -0.3 is 9.88 Å². The summed E-state index contributed by atoms with van der Waals surface area (Å²) < 4.78 is 0. The highest BCUT2D eigenvalue weighted by Crippen LogP contribution is 2.36. The number of nitrogens with zero attached hydrogens (tertiary/aromatic N) is 3. The highest BCUT2D eigenvalue weighted by molar-refractivity contribution is 6.35. The van der Waals surface area contributed by atoms with Crippen LogP contribution >= 0.6 is 11.6 Å². The van der Waals surface area contributed by atoms with Crippen LogP contribution in [0.15, 0.2) is 42.7 Å². The smallest absolute Gasteiger partial charge is 0.332 e. The molecule has 0 saturated carbocycles. The maximum atomic E-state index is 13.4. The summed E-state index contributed by atoms with van der Waals surface area (Å²) in [5, 5.41) is 1.31. The molecule has 0 atom stereocenters. The molecule has 1 aliphatic heterocycles. The van der Waals surface area contributed by atoms with Crippen molar-refractivity contribution in [2.45, 2.75) is 52.1 Å². The van der Waals surface area contributed by atoms with E-state index in [9.17, 15) is 9.59 Å². The van der Waals surface area contributed by atoms with Crippen molar-refractivity contribution in [3.63, 3.8) is 0 Å². The lowest BCUT2D eigenvalue weighted by Crippen LogP contribution is -2.43. The van der Waals surface area contributed by atoms with Crippen molar-refractivity contribution >= 4 is 40.3 Å². The normalized spacial score (nSPS) is 16.7. The highest BCUT2D eigenvalue weighted by atomic mass is 35.5. The van der Waals surface area contributed by atoms with Crippen molar-refractivity contribution in [3.05, 3.63) is 58.9 Å². The van der Waals surface area contributed by atoms with Gasteiger partial charge in [0, 0.05) is 24.3 Å². The molecule has 4 rings (SSSR count). The van der Waals surface area contributed by atoms with Crippen molar-refractivity contribution in [1.29, 1.82) is 0 Å². The van der Waals surface area contributed by atoms with Gasteiger partial charge in [-0.05, 0) is 48.6 Å². The first-order valence-corrected chi connectivity index (χ1v) is 10.3. The number of carbonyl (C=O) groups excluding carboxylic acids is 2. The minimum Gasteiger partial charge on any atom is -0.345 e. The Hall–Kier alpha value is -2.86. The summed E-state index contributed by atoms with van der Waals surface area (Å²) in [4.78, 5) is 36.7. The number of benzene rings is 1. The van der Waals surface area contributed by atoms with Crippen LogP contribution in [-0.2, 0) is 16.8 Å². The Balaban J connectivity index is 1.70. The van der Waals surface area contributed by atoms with Gasteiger partial charge in [-0.3, -0.25) is 4.79 Å². The molecule has 1 fully saturated rings. The second-order valence-electron chi connectivity index (χ2n) is 9.20. The molecule has 3 aromatic rings. The molecule has 1 saturated heterocycles. The number of aromatic nitrogens is 2. The first-order valence-electron chi connectivity index (χ1n) is 9.89. The van der Waals surface area contributed by atoms with Gasteiger partial charge in [-0.2, -0.15) is 0 Å². The fourth-order valence-corrected chi connectivity index (χ4v) is 4.09. The van der Waals surface area contributed by atoms with Gasteiger partial charge in [0.05, 0.1) is 10.7 Å². The summed E-state index contributed by atoms with van der Waals surface area (Å²) in [6.45, 7) is 10.2. The average Bonchev–Trinajstić information content (AvgIpc) is 3.13. The van der Waals surface area contributed by atoms with Crippen molar-refractivity contribution in [2.75, 3.05) is 4.90 Å². The van der Waals surface area contributed by atoms with Crippen LogP contribution in [0.3, 0.4) is 0 Å². The minimum absolute atomic E-state index is 0.00852. The van der Waals surface area contributed by atoms with Crippen molar-refractivity contribution in [2.24, 2.45) is 0 Å². The first kappa shape index (κ1) is 20.4. The number of urea groups is 1. The van der Waals surface area contributed by atoms with E-state index in [-0.39, 0.29) is 23.9 Å². The summed E-state index contributed by atoms with van der Waals surface area (Å²) in [7, 11) is 0. The summed E-state index contributed by atoms with van der Waals surface area (Å²) in [6, 6.07) is 9.10. The summed E-state index contributed by atoms with van der Waals surface area (Å²) in [5.41, 5.74) is 2.22. The number of rotatable bonds is 3. The molecule has 1 aliphatic rings. The predicted molar refractivity (Wildman–Crippen MR) is 119 cm³/mol. The van der Waals surface area contributed by atoms with Gasteiger partial charge in [-0.15, -0.1) is 0 Å². The zero-order chi connectivity index (χ0) is 21.8. The molecule has 7 heteroatoms. The molecular weight excluding hydrogens is 400 g/mol. The van der Waals surface area contributed by atoms with Crippen molar-refractivity contribution in [3.8, 4) is 0 Å². The SMILES string of the molecule is CC(C)(C)c1ccc(N2C(=O)N(Cc3ccnc4[nH]cc(Cl)c34)C(C)(C)C2=O)cc1. The molecule has 0 radical (unpaired) electrons. The molecule has 0 aliphatic carbocycles. The number of hydrogen-bond donors (Lipinski definition) is 1. The van der Waals surface area contributed by atoms with Crippen LogP contribution in [0.5, 0.6) is 0 Å². The number of imide groups is 1. The number of anilines is 1. The molecule has 1 aromatic carbocycles. The quantitative estimate of drug-likeness (QED) is 0.583. The van der Waals surface area contributed by atoms with Crippen LogP contribution in [0.1, 0.15) is 45.7 Å². The lowest BCUT2D eigenvalue weighted by molar-refractivity contribution is -0.123. The lowest BCUT2D eigenvalue weighted by Gasteiger charge is -2.28. The third-order valence-electron chi connectivity index (χ3n) is 5.76.